The second kappa shape index (κ2) is 7.41. The lowest BCUT2D eigenvalue weighted by atomic mass is 9.98. The lowest BCUT2D eigenvalue weighted by Gasteiger charge is -2.34. The molecule has 0 spiro atoms. The van der Waals surface area contributed by atoms with Crippen molar-refractivity contribution in [3.05, 3.63) is 0 Å². The van der Waals surface area contributed by atoms with E-state index in [1.807, 2.05) is 41.5 Å². The molecule has 0 saturated carbocycles. The van der Waals surface area contributed by atoms with Gasteiger partial charge in [-0.1, -0.05) is 20.8 Å². The monoisotopic (exact) mass is 284 g/mol. The molecule has 0 rings (SSSR count). The normalized spacial score (nSPS) is 13.0. The van der Waals surface area contributed by atoms with Crippen molar-refractivity contribution in [1.29, 1.82) is 0 Å². The SMILES string of the molecule is CCCN(C(=O)C(C)=O)C(C(=O)NC(C)(C)C)C(C)C. The molecule has 0 aliphatic heterocycles. The van der Waals surface area contributed by atoms with Crippen LogP contribution in [0.3, 0.4) is 0 Å². The van der Waals surface area contributed by atoms with E-state index in [1.165, 1.54) is 11.8 Å². The first-order chi connectivity index (χ1) is 9.01. The summed E-state index contributed by atoms with van der Waals surface area (Å²) in [6.07, 6.45) is 0.699. The number of rotatable bonds is 6. The van der Waals surface area contributed by atoms with E-state index in [0.29, 0.717) is 13.0 Å². The third kappa shape index (κ3) is 5.72. The van der Waals surface area contributed by atoms with E-state index in [4.69, 9.17) is 0 Å². The van der Waals surface area contributed by atoms with Crippen molar-refractivity contribution < 1.29 is 14.4 Å². The highest BCUT2D eigenvalue weighted by atomic mass is 16.2. The molecule has 0 bridgehead atoms. The summed E-state index contributed by atoms with van der Waals surface area (Å²) in [5.74, 6) is -1.40. The number of nitrogens with one attached hydrogen (secondary N) is 1. The molecule has 5 heteroatoms. The Morgan fingerprint density at radius 2 is 1.65 bits per heavy atom. The molecule has 2 amide bonds. The lowest BCUT2D eigenvalue weighted by molar-refractivity contribution is -0.149. The summed E-state index contributed by atoms with van der Waals surface area (Å²) in [6.45, 7) is 13.0. The predicted molar refractivity (Wildman–Crippen MR) is 79.2 cm³/mol. The Morgan fingerprint density at radius 1 is 1.15 bits per heavy atom. The summed E-state index contributed by atoms with van der Waals surface area (Å²) in [5.41, 5.74) is -0.374. The van der Waals surface area contributed by atoms with Crippen LogP contribution in [0, 0.1) is 5.92 Å². The highest BCUT2D eigenvalue weighted by Gasteiger charge is 2.34. The van der Waals surface area contributed by atoms with Gasteiger partial charge in [-0.05, 0) is 33.1 Å². The molecule has 20 heavy (non-hydrogen) atoms. The minimum Gasteiger partial charge on any atom is -0.350 e. The van der Waals surface area contributed by atoms with Crippen LogP contribution in [-0.4, -0.2) is 40.6 Å². The van der Waals surface area contributed by atoms with Crippen molar-refractivity contribution in [3.63, 3.8) is 0 Å². The zero-order valence-corrected chi connectivity index (χ0v) is 13.7. The van der Waals surface area contributed by atoms with Crippen LogP contribution in [-0.2, 0) is 14.4 Å². The van der Waals surface area contributed by atoms with E-state index in [2.05, 4.69) is 5.32 Å². The van der Waals surface area contributed by atoms with Gasteiger partial charge in [-0.2, -0.15) is 0 Å². The maximum Gasteiger partial charge on any atom is 0.290 e. The Labute approximate surface area is 122 Å². The number of amides is 2. The molecule has 0 aromatic rings. The Kier molecular flexibility index (Phi) is 6.89. The van der Waals surface area contributed by atoms with Gasteiger partial charge in [0.1, 0.15) is 6.04 Å². The van der Waals surface area contributed by atoms with Gasteiger partial charge in [0.2, 0.25) is 11.7 Å². The molecule has 0 aromatic carbocycles. The first-order valence-corrected chi connectivity index (χ1v) is 7.14. The third-order valence-electron chi connectivity index (χ3n) is 2.76. The molecule has 5 nitrogen and oxygen atoms in total. The Bertz CT molecular complexity index is 370. The zero-order chi connectivity index (χ0) is 16.1. The van der Waals surface area contributed by atoms with Crippen LogP contribution in [0.15, 0.2) is 0 Å². The van der Waals surface area contributed by atoms with Gasteiger partial charge in [0.05, 0.1) is 0 Å². The molecule has 0 radical (unpaired) electrons. The molecule has 0 saturated heterocycles. The Hall–Kier alpha value is -1.39. The first kappa shape index (κ1) is 18.6. The van der Waals surface area contributed by atoms with Crippen molar-refractivity contribution in [2.45, 2.75) is 66.5 Å². The number of Topliss-reactive ketones (excluding diaryl/α,β-unsaturated/α-hetero) is 1. The van der Waals surface area contributed by atoms with Crippen molar-refractivity contribution in [1.82, 2.24) is 10.2 Å². The molecule has 0 aliphatic carbocycles. The van der Waals surface area contributed by atoms with E-state index in [-0.39, 0.29) is 17.4 Å². The second-order valence-electron chi connectivity index (χ2n) is 6.48. The number of hydrogen-bond acceptors (Lipinski definition) is 3. The van der Waals surface area contributed by atoms with Gasteiger partial charge >= 0.3 is 0 Å². The standard InChI is InChI=1S/C15H28N2O3/c1-8-9-17(14(20)11(4)18)12(10(2)3)13(19)16-15(5,6)7/h10,12H,8-9H2,1-7H3,(H,16,19). The van der Waals surface area contributed by atoms with Gasteiger partial charge in [-0.25, -0.2) is 0 Å². The number of nitrogens with zero attached hydrogens (tertiary/aromatic N) is 1. The minimum absolute atomic E-state index is 0.0628. The van der Waals surface area contributed by atoms with Crippen LogP contribution < -0.4 is 5.32 Å². The zero-order valence-electron chi connectivity index (χ0n) is 13.7. The van der Waals surface area contributed by atoms with Gasteiger partial charge in [0, 0.05) is 19.0 Å². The first-order valence-electron chi connectivity index (χ1n) is 7.14. The van der Waals surface area contributed by atoms with Crippen LogP contribution in [0.1, 0.15) is 54.9 Å². The van der Waals surface area contributed by atoms with Crippen molar-refractivity contribution >= 4 is 17.6 Å². The van der Waals surface area contributed by atoms with Gasteiger partial charge in [0.25, 0.3) is 5.91 Å². The Balaban J connectivity index is 5.34. The average Bonchev–Trinajstić information content (AvgIpc) is 2.24. The molecule has 1 atom stereocenters. The Morgan fingerprint density at radius 3 is 1.95 bits per heavy atom. The summed E-state index contributed by atoms with van der Waals surface area (Å²) < 4.78 is 0. The maximum absolute atomic E-state index is 12.4. The quantitative estimate of drug-likeness (QED) is 0.756. The molecule has 0 fully saturated rings. The van der Waals surface area contributed by atoms with Crippen LogP contribution in [0.25, 0.3) is 0 Å². The molecule has 0 heterocycles. The van der Waals surface area contributed by atoms with E-state index in [9.17, 15) is 14.4 Å². The average molecular weight is 284 g/mol. The van der Waals surface area contributed by atoms with Crippen molar-refractivity contribution in [3.8, 4) is 0 Å². The van der Waals surface area contributed by atoms with Crippen molar-refractivity contribution in [2.75, 3.05) is 6.54 Å². The number of hydrogen-bond donors (Lipinski definition) is 1. The molecule has 116 valence electrons. The molecule has 0 aromatic heterocycles. The predicted octanol–water partition coefficient (Wildman–Crippen LogP) is 1.75. The number of ketones is 1. The maximum atomic E-state index is 12.4. The van der Waals surface area contributed by atoms with E-state index >= 15 is 0 Å². The summed E-state index contributed by atoms with van der Waals surface area (Å²) in [7, 11) is 0. The summed E-state index contributed by atoms with van der Waals surface area (Å²) >= 11 is 0. The van der Waals surface area contributed by atoms with Gasteiger partial charge in [-0.3, -0.25) is 14.4 Å². The minimum atomic E-state index is -0.620. The van der Waals surface area contributed by atoms with Crippen LogP contribution in [0.5, 0.6) is 0 Å². The molecule has 1 unspecified atom stereocenters. The fourth-order valence-corrected chi connectivity index (χ4v) is 2.06. The fourth-order valence-electron chi connectivity index (χ4n) is 2.06. The van der Waals surface area contributed by atoms with Crippen LogP contribution in [0.4, 0.5) is 0 Å². The second-order valence-corrected chi connectivity index (χ2v) is 6.48. The fraction of sp³-hybridized carbons (Fsp3) is 0.800. The molecule has 1 N–H and O–H groups in total. The summed E-state index contributed by atoms with van der Waals surface area (Å²) in [6, 6.07) is -0.620. The summed E-state index contributed by atoms with van der Waals surface area (Å²) in [4.78, 5) is 37.2. The highest BCUT2D eigenvalue weighted by molar-refractivity contribution is 6.35. The van der Waals surface area contributed by atoms with Crippen LogP contribution in [0.2, 0.25) is 0 Å². The highest BCUT2D eigenvalue weighted by Crippen LogP contribution is 2.14. The van der Waals surface area contributed by atoms with E-state index in [1.54, 1.807) is 0 Å². The largest absolute Gasteiger partial charge is 0.350 e. The van der Waals surface area contributed by atoms with E-state index in [0.717, 1.165) is 0 Å². The summed E-state index contributed by atoms with van der Waals surface area (Å²) in [5, 5.41) is 2.89. The number of carbonyl (C=O) groups is 3. The van der Waals surface area contributed by atoms with Gasteiger partial charge in [0.15, 0.2) is 0 Å². The van der Waals surface area contributed by atoms with Crippen LogP contribution >= 0.6 is 0 Å². The number of carbonyl (C=O) groups excluding carboxylic acids is 3. The molecular weight excluding hydrogens is 256 g/mol. The molecule has 0 aliphatic rings. The van der Waals surface area contributed by atoms with Gasteiger partial charge < -0.3 is 10.2 Å². The lowest BCUT2D eigenvalue weighted by Crippen LogP contribution is -2.57. The topological polar surface area (TPSA) is 66.5 Å². The van der Waals surface area contributed by atoms with E-state index < -0.39 is 17.7 Å². The smallest absolute Gasteiger partial charge is 0.290 e. The molecular formula is C15H28N2O3. The third-order valence-corrected chi connectivity index (χ3v) is 2.76. The van der Waals surface area contributed by atoms with Crippen molar-refractivity contribution in [2.24, 2.45) is 5.92 Å². The van der Waals surface area contributed by atoms with Gasteiger partial charge in [-0.15, -0.1) is 0 Å².